The van der Waals surface area contributed by atoms with E-state index in [-0.39, 0.29) is 0 Å². The van der Waals surface area contributed by atoms with Crippen molar-refractivity contribution in [3.63, 3.8) is 0 Å². The molecule has 0 amide bonds. The van der Waals surface area contributed by atoms with Crippen molar-refractivity contribution in [2.24, 2.45) is 5.92 Å². The minimum atomic E-state index is 0.411. The summed E-state index contributed by atoms with van der Waals surface area (Å²) in [5.74, 6) is 0.625. The predicted molar refractivity (Wildman–Crippen MR) is 60.5 cm³/mol. The fourth-order valence-corrected chi connectivity index (χ4v) is 2.12. The van der Waals surface area contributed by atoms with Crippen molar-refractivity contribution in [1.82, 2.24) is 5.32 Å². The molecule has 1 aliphatic rings. The zero-order valence-electron chi connectivity index (χ0n) is 10.0. The average Bonchev–Trinajstić information content (AvgIpc) is 2.18. The molecule has 0 aromatic heterocycles. The molecule has 3 unspecified atom stereocenters. The van der Waals surface area contributed by atoms with Crippen molar-refractivity contribution >= 4 is 0 Å². The Bertz CT molecular complexity index is 158. The van der Waals surface area contributed by atoms with E-state index in [1.807, 2.05) is 0 Å². The molecule has 1 rings (SSSR count). The maximum absolute atomic E-state index is 6.13. The van der Waals surface area contributed by atoms with Gasteiger partial charge in [-0.15, -0.1) is 0 Å². The van der Waals surface area contributed by atoms with E-state index in [2.05, 4.69) is 33.0 Å². The zero-order chi connectivity index (χ0) is 10.6. The third kappa shape index (κ3) is 2.96. The second-order valence-electron chi connectivity index (χ2n) is 4.67. The van der Waals surface area contributed by atoms with Crippen LogP contribution in [0.1, 0.15) is 47.0 Å². The molecule has 84 valence electrons. The van der Waals surface area contributed by atoms with E-state index in [0.717, 1.165) is 6.54 Å². The van der Waals surface area contributed by atoms with Crippen LogP contribution in [0.2, 0.25) is 0 Å². The average molecular weight is 199 g/mol. The Kier molecular flexibility index (Phi) is 4.90. The highest BCUT2D eigenvalue weighted by atomic mass is 16.5. The summed E-state index contributed by atoms with van der Waals surface area (Å²) in [6.07, 6.45) is 4.43. The molecule has 1 N–H and O–H groups in total. The first-order chi connectivity index (χ1) is 6.69. The largest absolute Gasteiger partial charge is 0.372 e. The van der Waals surface area contributed by atoms with Gasteiger partial charge in [-0.1, -0.05) is 34.1 Å². The summed E-state index contributed by atoms with van der Waals surface area (Å²) in [7, 11) is 0. The Labute approximate surface area is 88.4 Å². The number of rotatable bonds is 4. The topological polar surface area (TPSA) is 21.3 Å². The molecular weight excluding hydrogens is 174 g/mol. The highest BCUT2D eigenvalue weighted by molar-refractivity contribution is 4.84. The minimum Gasteiger partial charge on any atom is -0.372 e. The monoisotopic (exact) mass is 199 g/mol. The third-order valence-electron chi connectivity index (χ3n) is 3.14. The molecule has 3 atom stereocenters. The van der Waals surface area contributed by atoms with Crippen LogP contribution in [-0.2, 0) is 4.74 Å². The van der Waals surface area contributed by atoms with Crippen molar-refractivity contribution in [3.05, 3.63) is 0 Å². The van der Waals surface area contributed by atoms with Gasteiger partial charge in [-0.05, 0) is 18.8 Å². The first kappa shape index (κ1) is 12.0. The summed E-state index contributed by atoms with van der Waals surface area (Å²) in [4.78, 5) is 0. The molecule has 1 fully saturated rings. The number of hydrogen-bond acceptors (Lipinski definition) is 2. The van der Waals surface area contributed by atoms with Gasteiger partial charge in [0, 0.05) is 12.6 Å². The van der Waals surface area contributed by atoms with Gasteiger partial charge in [0.05, 0.1) is 12.2 Å². The summed E-state index contributed by atoms with van der Waals surface area (Å²) < 4.78 is 6.13. The molecule has 2 nitrogen and oxygen atoms in total. The van der Waals surface area contributed by atoms with Gasteiger partial charge < -0.3 is 10.1 Å². The number of morpholine rings is 1. The van der Waals surface area contributed by atoms with E-state index in [9.17, 15) is 0 Å². The molecule has 0 radical (unpaired) electrons. The minimum absolute atomic E-state index is 0.411. The van der Waals surface area contributed by atoms with Crippen molar-refractivity contribution in [3.8, 4) is 0 Å². The fourth-order valence-electron chi connectivity index (χ4n) is 2.12. The highest BCUT2D eigenvalue weighted by Gasteiger charge is 2.30. The van der Waals surface area contributed by atoms with Gasteiger partial charge in [-0.25, -0.2) is 0 Å². The van der Waals surface area contributed by atoms with Crippen LogP contribution in [0.5, 0.6) is 0 Å². The Morgan fingerprint density at radius 1 is 1.36 bits per heavy atom. The molecule has 0 aliphatic carbocycles. The molecule has 1 aliphatic heterocycles. The molecular formula is C12H25NO. The zero-order valence-corrected chi connectivity index (χ0v) is 10.0. The van der Waals surface area contributed by atoms with Crippen LogP contribution in [0.25, 0.3) is 0 Å². The van der Waals surface area contributed by atoms with E-state index in [1.165, 1.54) is 19.3 Å². The van der Waals surface area contributed by atoms with Crippen molar-refractivity contribution < 1.29 is 4.74 Å². The lowest BCUT2D eigenvalue weighted by Gasteiger charge is -2.39. The Morgan fingerprint density at radius 2 is 2.07 bits per heavy atom. The molecule has 0 saturated carbocycles. The SMILES string of the molecule is CCCC1OC(C(C)C)CNC1CC. The lowest BCUT2D eigenvalue weighted by Crippen LogP contribution is -2.53. The highest BCUT2D eigenvalue weighted by Crippen LogP contribution is 2.20. The predicted octanol–water partition coefficient (Wildman–Crippen LogP) is 2.58. The van der Waals surface area contributed by atoms with E-state index < -0.39 is 0 Å². The molecule has 1 heterocycles. The number of hydrogen-bond donors (Lipinski definition) is 1. The summed E-state index contributed by atoms with van der Waals surface area (Å²) in [5, 5.41) is 3.61. The molecule has 2 heteroatoms. The third-order valence-corrected chi connectivity index (χ3v) is 3.14. The van der Waals surface area contributed by atoms with E-state index >= 15 is 0 Å². The first-order valence-electron chi connectivity index (χ1n) is 6.07. The Hall–Kier alpha value is -0.0800. The van der Waals surface area contributed by atoms with Crippen LogP contribution in [-0.4, -0.2) is 24.8 Å². The summed E-state index contributed by atoms with van der Waals surface area (Å²) >= 11 is 0. The van der Waals surface area contributed by atoms with Crippen LogP contribution in [0, 0.1) is 5.92 Å². The van der Waals surface area contributed by atoms with Gasteiger partial charge in [-0.3, -0.25) is 0 Å². The number of nitrogens with one attached hydrogen (secondary N) is 1. The van der Waals surface area contributed by atoms with Crippen LogP contribution in [0.4, 0.5) is 0 Å². The van der Waals surface area contributed by atoms with Crippen molar-refractivity contribution in [1.29, 1.82) is 0 Å². The summed E-state index contributed by atoms with van der Waals surface area (Å²) in [5.41, 5.74) is 0. The van der Waals surface area contributed by atoms with Gasteiger partial charge >= 0.3 is 0 Å². The van der Waals surface area contributed by atoms with Crippen molar-refractivity contribution in [2.45, 2.75) is 65.2 Å². The van der Waals surface area contributed by atoms with Crippen LogP contribution in [0.3, 0.4) is 0 Å². The van der Waals surface area contributed by atoms with Gasteiger partial charge in [0.1, 0.15) is 0 Å². The van der Waals surface area contributed by atoms with Gasteiger partial charge in [0.15, 0.2) is 0 Å². The fraction of sp³-hybridized carbons (Fsp3) is 1.00. The van der Waals surface area contributed by atoms with Gasteiger partial charge in [-0.2, -0.15) is 0 Å². The maximum atomic E-state index is 6.13. The molecule has 14 heavy (non-hydrogen) atoms. The van der Waals surface area contributed by atoms with Gasteiger partial charge in [0.2, 0.25) is 0 Å². The maximum Gasteiger partial charge on any atom is 0.0732 e. The molecule has 1 saturated heterocycles. The van der Waals surface area contributed by atoms with E-state index in [0.29, 0.717) is 24.2 Å². The Morgan fingerprint density at radius 3 is 2.57 bits per heavy atom. The second-order valence-corrected chi connectivity index (χ2v) is 4.67. The molecule has 0 spiro atoms. The quantitative estimate of drug-likeness (QED) is 0.751. The lowest BCUT2D eigenvalue weighted by atomic mass is 9.98. The van der Waals surface area contributed by atoms with Gasteiger partial charge in [0.25, 0.3) is 0 Å². The van der Waals surface area contributed by atoms with E-state index in [4.69, 9.17) is 4.74 Å². The summed E-state index contributed by atoms with van der Waals surface area (Å²) in [6, 6.07) is 0.574. The molecule has 0 aromatic carbocycles. The van der Waals surface area contributed by atoms with Crippen LogP contribution in [0.15, 0.2) is 0 Å². The van der Waals surface area contributed by atoms with Crippen LogP contribution >= 0.6 is 0 Å². The van der Waals surface area contributed by atoms with Crippen molar-refractivity contribution in [2.75, 3.05) is 6.54 Å². The second kappa shape index (κ2) is 5.72. The molecule has 0 bridgehead atoms. The standard InChI is InChI=1S/C12H25NO/c1-5-7-11-10(6-2)13-8-12(14-11)9(3)4/h9-13H,5-8H2,1-4H3. The smallest absolute Gasteiger partial charge is 0.0732 e. The molecule has 0 aromatic rings. The summed E-state index contributed by atoms with van der Waals surface area (Å²) in [6.45, 7) is 9.97. The lowest BCUT2D eigenvalue weighted by molar-refractivity contribution is -0.0854. The number of ether oxygens (including phenoxy) is 1. The Balaban J connectivity index is 2.48. The first-order valence-corrected chi connectivity index (χ1v) is 6.07. The normalized spacial score (nSPS) is 33.6. The van der Waals surface area contributed by atoms with Crippen LogP contribution < -0.4 is 5.32 Å². The van der Waals surface area contributed by atoms with E-state index in [1.54, 1.807) is 0 Å².